The summed E-state index contributed by atoms with van der Waals surface area (Å²) >= 11 is 11.9. The molecule has 0 radical (unpaired) electrons. The van der Waals surface area contributed by atoms with Crippen molar-refractivity contribution in [3.63, 3.8) is 0 Å². The maximum atomic E-state index is 6.04. The zero-order chi connectivity index (χ0) is 12.7. The number of nitrogens with zero attached hydrogens (tertiary/aromatic N) is 3. The van der Waals surface area contributed by atoms with Crippen molar-refractivity contribution in [2.45, 2.75) is 6.92 Å². The second-order valence-electron chi connectivity index (χ2n) is 3.86. The van der Waals surface area contributed by atoms with E-state index in [9.17, 15) is 0 Å². The molecule has 0 atom stereocenters. The molecule has 0 amide bonds. The van der Waals surface area contributed by atoms with E-state index in [4.69, 9.17) is 23.2 Å². The Kier molecular flexibility index (Phi) is 2.69. The van der Waals surface area contributed by atoms with Gasteiger partial charge in [0.1, 0.15) is 22.6 Å². The molecule has 18 heavy (non-hydrogen) atoms. The second kappa shape index (κ2) is 4.23. The van der Waals surface area contributed by atoms with Gasteiger partial charge in [-0.15, -0.1) is 0 Å². The van der Waals surface area contributed by atoms with Gasteiger partial charge < -0.3 is 0 Å². The third-order valence-corrected chi connectivity index (χ3v) is 3.12. The van der Waals surface area contributed by atoms with Gasteiger partial charge in [0.15, 0.2) is 5.15 Å². The quantitative estimate of drug-likeness (QED) is 0.692. The Morgan fingerprint density at radius 2 is 1.78 bits per heavy atom. The lowest BCUT2D eigenvalue weighted by Crippen LogP contribution is -1.89. The van der Waals surface area contributed by atoms with Crippen LogP contribution in [0, 0.1) is 6.92 Å². The Balaban J connectivity index is 2.27. The lowest BCUT2D eigenvalue weighted by molar-refractivity contribution is 1.08. The van der Waals surface area contributed by atoms with Crippen LogP contribution in [-0.4, -0.2) is 20.2 Å². The van der Waals surface area contributed by atoms with Crippen molar-refractivity contribution < 1.29 is 0 Å². The van der Waals surface area contributed by atoms with Crippen LogP contribution in [0.1, 0.15) is 5.82 Å². The Bertz CT molecular complexity index is 719. The first-order valence-electron chi connectivity index (χ1n) is 5.29. The maximum absolute atomic E-state index is 6.04. The van der Waals surface area contributed by atoms with Gasteiger partial charge in [0.05, 0.1) is 0 Å². The molecule has 6 heteroatoms. The van der Waals surface area contributed by atoms with Crippen molar-refractivity contribution >= 4 is 34.2 Å². The molecule has 4 nitrogen and oxygen atoms in total. The highest BCUT2D eigenvalue weighted by molar-refractivity contribution is 6.34. The number of hydrogen-bond donors (Lipinski definition) is 1. The van der Waals surface area contributed by atoms with Crippen LogP contribution in [0.2, 0.25) is 10.2 Å². The van der Waals surface area contributed by atoms with Gasteiger partial charge in [-0.2, -0.15) is 5.10 Å². The summed E-state index contributed by atoms with van der Waals surface area (Å²) in [6.45, 7) is 1.80. The molecule has 0 unspecified atom stereocenters. The van der Waals surface area contributed by atoms with Gasteiger partial charge in [-0.05, 0) is 19.1 Å². The average molecular weight is 279 g/mol. The first-order chi connectivity index (χ1) is 8.65. The number of fused-ring (bicyclic) bond motifs is 1. The minimum atomic E-state index is 0.380. The Morgan fingerprint density at radius 1 is 1.06 bits per heavy atom. The van der Waals surface area contributed by atoms with E-state index in [1.165, 1.54) is 0 Å². The molecule has 3 rings (SSSR count). The van der Waals surface area contributed by atoms with Crippen LogP contribution in [0.15, 0.2) is 24.3 Å². The van der Waals surface area contributed by atoms with Crippen molar-refractivity contribution in [3.8, 4) is 11.3 Å². The van der Waals surface area contributed by atoms with Gasteiger partial charge in [0, 0.05) is 10.6 Å². The average Bonchev–Trinajstić information content (AvgIpc) is 2.74. The smallest absolute Gasteiger partial charge is 0.158 e. The van der Waals surface area contributed by atoms with Crippen LogP contribution < -0.4 is 0 Å². The van der Waals surface area contributed by atoms with Crippen LogP contribution in [0.4, 0.5) is 0 Å². The van der Waals surface area contributed by atoms with Crippen molar-refractivity contribution in [1.29, 1.82) is 0 Å². The predicted molar refractivity (Wildman–Crippen MR) is 71.9 cm³/mol. The molecule has 3 aromatic rings. The zero-order valence-corrected chi connectivity index (χ0v) is 10.9. The molecular weight excluding hydrogens is 271 g/mol. The molecule has 1 N–H and O–H groups in total. The summed E-state index contributed by atoms with van der Waals surface area (Å²) in [6.07, 6.45) is 0. The lowest BCUT2D eigenvalue weighted by atomic mass is 10.1. The molecule has 0 aliphatic heterocycles. The van der Waals surface area contributed by atoms with E-state index in [2.05, 4.69) is 20.2 Å². The molecule has 0 saturated carbocycles. The fraction of sp³-hybridized carbons (Fsp3) is 0.0833. The van der Waals surface area contributed by atoms with Gasteiger partial charge >= 0.3 is 0 Å². The van der Waals surface area contributed by atoms with Crippen molar-refractivity contribution in [2.24, 2.45) is 0 Å². The third-order valence-electron chi connectivity index (χ3n) is 2.60. The molecule has 1 aromatic carbocycles. The SMILES string of the molecule is Cc1nc(Cl)c2[nH]nc(-c3ccc(Cl)cc3)c2n1. The van der Waals surface area contributed by atoms with Crippen LogP contribution in [-0.2, 0) is 0 Å². The number of aromatic nitrogens is 4. The van der Waals surface area contributed by atoms with Gasteiger partial charge in [0.25, 0.3) is 0 Å². The van der Waals surface area contributed by atoms with Gasteiger partial charge in [-0.3, -0.25) is 5.10 Å². The highest BCUT2D eigenvalue weighted by atomic mass is 35.5. The first-order valence-corrected chi connectivity index (χ1v) is 6.05. The summed E-state index contributed by atoms with van der Waals surface area (Å²) in [4.78, 5) is 8.46. The van der Waals surface area contributed by atoms with E-state index >= 15 is 0 Å². The van der Waals surface area contributed by atoms with Crippen molar-refractivity contribution in [1.82, 2.24) is 20.2 Å². The van der Waals surface area contributed by atoms with Crippen molar-refractivity contribution in [3.05, 3.63) is 40.3 Å². The summed E-state index contributed by atoms with van der Waals surface area (Å²) in [5, 5.41) is 8.16. The van der Waals surface area contributed by atoms with E-state index in [0.717, 1.165) is 16.8 Å². The molecule has 90 valence electrons. The Labute approximate surface area is 113 Å². The molecule has 0 saturated heterocycles. The molecule has 0 fully saturated rings. The number of H-pyrrole nitrogens is 1. The van der Waals surface area contributed by atoms with Crippen LogP contribution in [0.5, 0.6) is 0 Å². The number of nitrogens with one attached hydrogen (secondary N) is 1. The Hall–Kier alpha value is -1.65. The largest absolute Gasteiger partial charge is 0.272 e. The first kappa shape index (κ1) is 11.4. The normalized spacial score (nSPS) is 11.1. The minimum absolute atomic E-state index is 0.380. The summed E-state index contributed by atoms with van der Waals surface area (Å²) in [7, 11) is 0. The van der Waals surface area contributed by atoms with Crippen LogP contribution >= 0.6 is 23.2 Å². The van der Waals surface area contributed by atoms with Gasteiger partial charge in [-0.1, -0.05) is 35.3 Å². The monoisotopic (exact) mass is 278 g/mol. The van der Waals surface area contributed by atoms with Crippen LogP contribution in [0.3, 0.4) is 0 Å². The predicted octanol–water partition coefficient (Wildman–Crippen LogP) is 3.64. The summed E-state index contributed by atoms with van der Waals surface area (Å²) in [5.74, 6) is 0.615. The van der Waals surface area contributed by atoms with E-state index in [1.54, 1.807) is 6.92 Å². The number of aryl methyl sites for hydroxylation is 1. The zero-order valence-electron chi connectivity index (χ0n) is 9.41. The molecule has 0 aliphatic carbocycles. The van der Waals surface area contributed by atoms with E-state index in [0.29, 0.717) is 21.5 Å². The van der Waals surface area contributed by atoms with Gasteiger partial charge in [-0.25, -0.2) is 9.97 Å². The molecule has 2 aromatic heterocycles. The highest BCUT2D eigenvalue weighted by Gasteiger charge is 2.13. The second-order valence-corrected chi connectivity index (χ2v) is 4.66. The van der Waals surface area contributed by atoms with Crippen molar-refractivity contribution in [2.75, 3.05) is 0 Å². The molecule has 2 heterocycles. The topological polar surface area (TPSA) is 54.5 Å². The van der Waals surface area contributed by atoms with Crippen LogP contribution in [0.25, 0.3) is 22.3 Å². The highest BCUT2D eigenvalue weighted by Crippen LogP contribution is 2.28. The van der Waals surface area contributed by atoms with E-state index in [1.807, 2.05) is 24.3 Å². The molecule has 0 bridgehead atoms. The summed E-state index contributed by atoms with van der Waals surface area (Å²) in [6, 6.07) is 7.41. The lowest BCUT2D eigenvalue weighted by Gasteiger charge is -1.99. The van der Waals surface area contributed by atoms with E-state index < -0.39 is 0 Å². The Morgan fingerprint density at radius 3 is 2.50 bits per heavy atom. The number of halogens is 2. The van der Waals surface area contributed by atoms with Gasteiger partial charge in [0.2, 0.25) is 0 Å². The summed E-state index contributed by atoms with van der Waals surface area (Å²) in [5.41, 5.74) is 3.04. The molecule has 0 aliphatic rings. The number of hydrogen-bond acceptors (Lipinski definition) is 3. The minimum Gasteiger partial charge on any atom is -0.272 e. The molecule has 0 spiro atoms. The number of aromatic amines is 1. The fourth-order valence-electron chi connectivity index (χ4n) is 1.78. The molecular formula is C12H8Cl2N4. The fourth-order valence-corrected chi connectivity index (χ4v) is 2.16. The number of benzene rings is 1. The summed E-state index contributed by atoms with van der Waals surface area (Å²) < 4.78 is 0. The number of rotatable bonds is 1. The van der Waals surface area contributed by atoms with E-state index in [-0.39, 0.29) is 0 Å². The standard InChI is InChI=1S/C12H8Cl2N4/c1-6-15-10-9(7-2-4-8(13)5-3-7)17-18-11(10)12(14)16-6/h2-5H,1H3,(H,17,18). The third kappa shape index (κ3) is 1.83. The maximum Gasteiger partial charge on any atom is 0.158 e.